The zero-order valence-electron chi connectivity index (χ0n) is 18.2. The summed E-state index contributed by atoms with van der Waals surface area (Å²) in [5, 5.41) is 0. The first kappa shape index (κ1) is 23.4. The van der Waals surface area contributed by atoms with E-state index in [1.165, 1.54) is 29.5 Å². The molecule has 0 saturated heterocycles. The molecule has 142 valence electrons. The zero-order valence-corrected chi connectivity index (χ0v) is 18.2. The number of nitrogens with zero attached hydrogens (tertiary/aromatic N) is 2. The number of allylic oxidation sites excluding steroid dienone is 2. The normalized spacial score (nSPS) is 17.5. The molecule has 1 atom stereocenters. The van der Waals surface area contributed by atoms with E-state index >= 15 is 0 Å². The minimum atomic E-state index is 0.568. The van der Waals surface area contributed by atoms with Gasteiger partial charge in [0.1, 0.15) is 6.04 Å². The van der Waals surface area contributed by atoms with Crippen LogP contribution >= 0.6 is 0 Å². The van der Waals surface area contributed by atoms with Gasteiger partial charge in [-0.1, -0.05) is 39.8 Å². The van der Waals surface area contributed by atoms with Crippen LogP contribution in [0.15, 0.2) is 28.9 Å². The molecule has 3 heteroatoms. The lowest BCUT2D eigenvalue weighted by Gasteiger charge is -2.32. The molecule has 0 aliphatic heterocycles. The highest BCUT2D eigenvalue weighted by atomic mass is 15.3. The van der Waals surface area contributed by atoms with Crippen LogP contribution in [0, 0.1) is 0 Å². The van der Waals surface area contributed by atoms with E-state index < -0.39 is 0 Å². The molecule has 2 rings (SSSR count). The Morgan fingerprint density at radius 2 is 1.64 bits per heavy atom. The summed E-state index contributed by atoms with van der Waals surface area (Å²) in [5.41, 5.74) is 13.2. The van der Waals surface area contributed by atoms with Crippen LogP contribution in [-0.2, 0) is 6.42 Å². The maximum absolute atomic E-state index is 6.11. The molecule has 1 aromatic rings. The second kappa shape index (κ2) is 10.4. The first-order chi connectivity index (χ1) is 11.8. The lowest BCUT2D eigenvalue weighted by molar-refractivity contribution is -0.901. The van der Waals surface area contributed by atoms with Crippen molar-refractivity contribution in [2.24, 2.45) is 10.7 Å². The molecule has 0 spiro atoms. The highest BCUT2D eigenvalue weighted by molar-refractivity contribution is 6.23. The Balaban J connectivity index is 0.00000134. The molecule has 0 aromatic heterocycles. The van der Waals surface area contributed by atoms with Gasteiger partial charge in [-0.25, -0.2) is 0 Å². The Morgan fingerprint density at radius 3 is 2.08 bits per heavy atom. The van der Waals surface area contributed by atoms with E-state index in [0.717, 1.165) is 21.5 Å². The Labute approximate surface area is 156 Å². The summed E-state index contributed by atoms with van der Waals surface area (Å²) in [4.78, 5) is 4.32. The molecule has 25 heavy (non-hydrogen) atoms. The van der Waals surface area contributed by atoms with Crippen LogP contribution in [0.4, 0.5) is 0 Å². The fourth-order valence-electron chi connectivity index (χ4n) is 3.37. The largest absolute Gasteiger partial charge is 0.402 e. The van der Waals surface area contributed by atoms with Crippen molar-refractivity contribution < 1.29 is 4.48 Å². The van der Waals surface area contributed by atoms with Gasteiger partial charge in [-0.3, -0.25) is 4.99 Å². The number of quaternary nitrogens is 1. The molecule has 0 radical (unpaired) electrons. The summed E-state index contributed by atoms with van der Waals surface area (Å²) in [5.74, 6) is 0. The van der Waals surface area contributed by atoms with Crippen molar-refractivity contribution >= 4 is 11.3 Å². The molecule has 2 N–H and O–H groups in total. The predicted molar refractivity (Wildman–Crippen MR) is 114 cm³/mol. The van der Waals surface area contributed by atoms with Gasteiger partial charge in [0, 0.05) is 36.0 Å². The van der Waals surface area contributed by atoms with Crippen LogP contribution < -0.4 is 5.73 Å². The third-order valence-corrected chi connectivity index (χ3v) is 4.51. The summed E-state index contributed by atoms with van der Waals surface area (Å²) in [6.07, 6.45) is 2.40. The maximum Gasteiger partial charge on any atom is 0.115 e. The van der Waals surface area contributed by atoms with E-state index in [1.807, 2.05) is 48.6 Å². The summed E-state index contributed by atoms with van der Waals surface area (Å²) in [6, 6.07) is 7.36. The number of aryl methyl sites for hydroxylation is 1. The molecule has 1 aromatic carbocycles. The third-order valence-electron chi connectivity index (χ3n) is 4.51. The summed E-state index contributed by atoms with van der Waals surface area (Å²) in [6.45, 7) is 12.0. The highest BCUT2D eigenvalue weighted by Gasteiger charge is 2.33. The summed E-state index contributed by atoms with van der Waals surface area (Å²) >= 11 is 0. The van der Waals surface area contributed by atoms with Gasteiger partial charge in [-0.15, -0.1) is 0 Å². The summed E-state index contributed by atoms with van der Waals surface area (Å²) < 4.78 is 0.970. The van der Waals surface area contributed by atoms with Gasteiger partial charge in [-0.05, 0) is 37.5 Å². The van der Waals surface area contributed by atoms with Crippen LogP contribution in [0.2, 0.25) is 0 Å². The van der Waals surface area contributed by atoms with Crippen molar-refractivity contribution in [2.45, 2.75) is 60.4 Å². The molecular weight excluding hydrogens is 306 g/mol. The van der Waals surface area contributed by atoms with E-state index in [4.69, 9.17) is 5.73 Å². The average molecular weight is 347 g/mol. The molecule has 1 aliphatic carbocycles. The molecule has 1 unspecified atom stereocenters. The Kier molecular flexibility index (Phi) is 9.73. The van der Waals surface area contributed by atoms with Crippen molar-refractivity contribution in [1.29, 1.82) is 0 Å². The zero-order chi connectivity index (χ0) is 19.8. The quantitative estimate of drug-likeness (QED) is 0.592. The number of fused-ring (bicyclic) bond motifs is 1. The number of hydrogen-bond donors (Lipinski definition) is 1. The maximum atomic E-state index is 6.11. The Hall–Kier alpha value is -1.61. The number of benzene rings is 1. The minimum absolute atomic E-state index is 0.568. The van der Waals surface area contributed by atoms with Crippen molar-refractivity contribution in [3.8, 4) is 0 Å². The first-order valence-electron chi connectivity index (χ1n) is 9.60. The third kappa shape index (κ3) is 5.71. The van der Waals surface area contributed by atoms with E-state index in [9.17, 15) is 0 Å². The van der Waals surface area contributed by atoms with Gasteiger partial charge in [0.15, 0.2) is 0 Å². The molecule has 1 aliphatic rings. The fourth-order valence-corrected chi connectivity index (χ4v) is 3.37. The number of aliphatic imine (C=N–C) groups is 1. The molecule has 0 amide bonds. The van der Waals surface area contributed by atoms with E-state index in [2.05, 4.69) is 44.3 Å². The fraction of sp³-hybridized carbons (Fsp3) is 0.591. The van der Waals surface area contributed by atoms with Crippen molar-refractivity contribution in [2.75, 3.05) is 28.2 Å². The number of hydrogen-bond acceptors (Lipinski definition) is 2. The molecule has 0 fully saturated rings. The molecular formula is C22H40N3+. The van der Waals surface area contributed by atoms with Gasteiger partial charge in [-0.2, -0.15) is 0 Å². The number of nitrogens with two attached hydrogens (primary N) is 1. The smallest absolute Gasteiger partial charge is 0.115 e. The first-order valence-corrected chi connectivity index (χ1v) is 9.60. The standard InChI is InChI=1S/C18H28N3.2C2H6/c1-12(19)18(13(2)20-3)15-8-7-14-9-10-17(16(14)11-15)21(4,5)6;2*1-2/h7-8,11,17H,9-10,19H2,1-6H3;2*1-2H3/q+1;;/b18-12+,20-13?;;. The van der Waals surface area contributed by atoms with Crippen LogP contribution in [0.1, 0.15) is 70.7 Å². The van der Waals surface area contributed by atoms with Gasteiger partial charge in [0.25, 0.3) is 0 Å². The van der Waals surface area contributed by atoms with Gasteiger partial charge in [0.05, 0.1) is 21.1 Å². The molecule has 0 heterocycles. The van der Waals surface area contributed by atoms with Crippen molar-refractivity contribution in [3.05, 3.63) is 40.6 Å². The minimum Gasteiger partial charge on any atom is -0.402 e. The monoisotopic (exact) mass is 346 g/mol. The molecule has 3 nitrogen and oxygen atoms in total. The average Bonchev–Trinajstić information content (AvgIpc) is 3.01. The molecule has 0 bridgehead atoms. The van der Waals surface area contributed by atoms with E-state index in [-0.39, 0.29) is 0 Å². The number of rotatable bonds is 3. The lowest BCUT2D eigenvalue weighted by Crippen LogP contribution is -2.37. The second-order valence-corrected chi connectivity index (χ2v) is 6.95. The second-order valence-electron chi connectivity index (χ2n) is 6.95. The van der Waals surface area contributed by atoms with E-state index in [1.54, 1.807) is 0 Å². The molecule has 0 saturated carbocycles. The lowest BCUT2D eigenvalue weighted by atomic mass is 9.95. The Morgan fingerprint density at radius 1 is 1.08 bits per heavy atom. The SMILES string of the molecule is CC.CC.CN=C(C)/C(=C(/C)N)c1ccc2c(c1)C([N+](C)(C)C)CC2. The van der Waals surface area contributed by atoms with Crippen molar-refractivity contribution in [1.82, 2.24) is 0 Å². The van der Waals surface area contributed by atoms with Crippen LogP contribution in [-0.4, -0.2) is 38.4 Å². The topological polar surface area (TPSA) is 38.4 Å². The Bertz CT molecular complexity index is 600. The van der Waals surface area contributed by atoms with Gasteiger partial charge in [0.2, 0.25) is 0 Å². The van der Waals surface area contributed by atoms with Crippen LogP contribution in [0.3, 0.4) is 0 Å². The van der Waals surface area contributed by atoms with Gasteiger partial charge < -0.3 is 10.2 Å². The van der Waals surface area contributed by atoms with Crippen LogP contribution in [0.5, 0.6) is 0 Å². The predicted octanol–water partition coefficient (Wildman–Crippen LogP) is 5.21. The van der Waals surface area contributed by atoms with Gasteiger partial charge >= 0.3 is 0 Å². The van der Waals surface area contributed by atoms with E-state index in [0.29, 0.717) is 6.04 Å². The van der Waals surface area contributed by atoms with Crippen molar-refractivity contribution in [3.63, 3.8) is 0 Å². The summed E-state index contributed by atoms with van der Waals surface area (Å²) in [7, 11) is 8.64. The van der Waals surface area contributed by atoms with Crippen LogP contribution in [0.25, 0.3) is 5.57 Å². The highest BCUT2D eigenvalue weighted by Crippen LogP contribution is 2.39.